The van der Waals surface area contributed by atoms with Gasteiger partial charge in [-0.1, -0.05) is 13.8 Å². The van der Waals surface area contributed by atoms with E-state index in [4.69, 9.17) is 11.6 Å². The minimum atomic E-state index is 0.257. The maximum atomic E-state index is 5.85. The van der Waals surface area contributed by atoms with Gasteiger partial charge in [0.15, 0.2) is 0 Å². The lowest BCUT2D eigenvalue weighted by Gasteiger charge is -2.03. The molecule has 86 valence electrons. The molecule has 0 saturated heterocycles. The maximum Gasteiger partial charge on any atom is 0.202 e. The Hall–Kier alpha value is -0.350. The van der Waals surface area contributed by atoms with Gasteiger partial charge in [0.05, 0.1) is 0 Å². The SMILES string of the molecule is CC(Cl)CCCNc1nc(C(C)C)ns1. The smallest absolute Gasteiger partial charge is 0.202 e. The highest BCUT2D eigenvalue weighted by Crippen LogP contribution is 2.17. The predicted molar refractivity (Wildman–Crippen MR) is 67.0 cm³/mol. The van der Waals surface area contributed by atoms with Crippen LogP contribution in [-0.4, -0.2) is 21.3 Å². The maximum absolute atomic E-state index is 5.85. The van der Waals surface area contributed by atoms with E-state index in [-0.39, 0.29) is 5.38 Å². The first-order valence-electron chi connectivity index (χ1n) is 5.31. The molecule has 1 unspecified atom stereocenters. The third-order valence-corrected chi connectivity index (χ3v) is 2.92. The fourth-order valence-electron chi connectivity index (χ4n) is 1.12. The third kappa shape index (κ3) is 4.80. The van der Waals surface area contributed by atoms with Gasteiger partial charge in [-0.25, -0.2) is 4.98 Å². The lowest BCUT2D eigenvalue weighted by Crippen LogP contribution is -2.03. The first-order chi connectivity index (χ1) is 7.09. The number of aromatic nitrogens is 2. The normalized spacial score (nSPS) is 13.1. The summed E-state index contributed by atoms with van der Waals surface area (Å²) in [4.78, 5) is 4.39. The van der Waals surface area contributed by atoms with Crippen LogP contribution in [0.5, 0.6) is 0 Å². The second-order valence-corrected chi connectivity index (χ2v) is 5.46. The predicted octanol–water partition coefficient (Wildman–Crippen LogP) is 3.48. The Kier molecular flexibility index (Phi) is 5.32. The van der Waals surface area contributed by atoms with E-state index >= 15 is 0 Å². The molecule has 1 aromatic rings. The number of halogens is 1. The van der Waals surface area contributed by atoms with Gasteiger partial charge >= 0.3 is 0 Å². The van der Waals surface area contributed by atoms with Crippen molar-refractivity contribution in [3.05, 3.63) is 5.82 Å². The van der Waals surface area contributed by atoms with Gasteiger partial charge in [-0.3, -0.25) is 0 Å². The summed E-state index contributed by atoms with van der Waals surface area (Å²) in [6.45, 7) is 7.13. The zero-order valence-electron chi connectivity index (χ0n) is 9.46. The Morgan fingerprint density at radius 1 is 1.40 bits per heavy atom. The third-order valence-electron chi connectivity index (χ3n) is 2.01. The highest BCUT2D eigenvalue weighted by atomic mass is 35.5. The first-order valence-corrected chi connectivity index (χ1v) is 6.52. The van der Waals surface area contributed by atoms with E-state index in [0.29, 0.717) is 5.92 Å². The number of alkyl halides is 1. The van der Waals surface area contributed by atoms with E-state index in [1.54, 1.807) is 0 Å². The highest BCUT2D eigenvalue weighted by molar-refractivity contribution is 7.09. The van der Waals surface area contributed by atoms with Gasteiger partial charge in [0.25, 0.3) is 0 Å². The van der Waals surface area contributed by atoms with Crippen molar-refractivity contribution in [1.29, 1.82) is 0 Å². The van der Waals surface area contributed by atoms with Crippen molar-refractivity contribution in [2.75, 3.05) is 11.9 Å². The van der Waals surface area contributed by atoms with Gasteiger partial charge in [0.2, 0.25) is 5.13 Å². The van der Waals surface area contributed by atoms with E-state index in [0.717, 1.165) is 30.3 Å². The number of hydrogen-bond acceptors (Lipinski definition) is 4. The van der Waals surface area contributed by atoms with Gasteiger partial charge in [-0.15, -0.1) is 11.6 Å². The molecule has 1 rings (SSSR count). The van der Waals surface area contributed by atoms with Gasteiger partial charge in [-0.05, 0) is 19.8 Å². The molecule has 1 aromatic heterocycles. The van der Waals surface area contributed by atoms with Gasteiger partial charge in [-0.2, -0.15) is 4.37 Å². The van der Waals surface area contributed by atoms with Crippen LogP contribution in [0.4, 0.5) is 5.13 Å². The molecule has 0 aliphatic rings. The summed E-state index contributed by atoms with van der Waals surface area (Å²) in [6, 6.07) is 0. The molecule has 0 amide bonds. The number of nitrogens with zero attached hydrogens (tertiary/aromatic N) is 2. The van der Waals surface area contributed by atoms with Crippen molar-refractivity contribution in [2.45, 2.75) is 44.9 Å². The molecular weight excluding hydrogens is 230 g/mol. The van der Waals surface area contributed by atoms with Crippen molar-refractivity contribution in [3.8, 4) is 0 Å². The molecule has 0 saturated carbocycles. The molecule has 1 atom stereocenters. The summed E-state index contributed by atoms with van der Waals surface area (Å²) >= 11 is 7.28. The molecule has 0 spiro atoms. The van der Waals surface area contributed by atoms with Crippen molar-refractivity contribution in [1.82, 2.24) is 9.36 Å². The molecule has 0 aliphatic carbocycles. The standard InChI is InChI=1S/C10H18ClN3S/c1-7(2)9-13-10(15-14-9)12-6-4-5-8(3)11/h7-8H,4-6H2,1-3H3,(H,12,13,14). The van der Waals surface area contributed by atoms with E-state index in [1.807, 2.05) is 6.92 Å². The topological polar surface area (TPSA) is 37.8 Å². The van der Waals surface area contributed by atoms with Crippen LogP contribution in [0, 0.1) is 0 Å². The second kappa shape index (κ2) is 6.28. The molecule has 1 heterocycles. The zero-order chi connectivity index (χ0) is 11.3. The molecule has 0 bridgehead atoms. The Balaban J connectivity index is 2.26. The molecule has 5 heteroatoms. The molecule has 0 fully saturated rings. The number of anilines is 1. The number of nitrogens with one attached hydrogen (secondary N) is 1. The summed E-state index contributed by atoms with van der Waals surface area (Å²) < 4.78 is 4.27. The van der Waals surface area contributed by atoms with E-state index < -0.39 is 0 Å². The van der Waals surface area contributed by atoms with Crippen molar-refractivity contribution >= 4 is 28.3 Å². The fourth-order valence-corrected chi connectivity index (χ4v) is 2.01. The van der Waals surface area contributed by atoms with Crippen LogP contribution in [0.25, 0.3) is 0 Å². The minimum absolute atomic E-state index is 0.257. The van der Waals surface area contributed by atoms with Crippen molar-refractivity contribution < 1.29 is 0 Å². The van der Waals surface area contributed by atoms with Gasteiger partial charge in [0.1, 0.15) is 5.82 Å². The van der Waals surface area contributed by atoms with Crippen LogP contribution in [0.2, 0.25) is 0 Å². The average Bonchev–Trinajstić information content (AvgIpc) is 2.60. The Morgan fingerprint density at radius 2 is 2.13 bits per heavy atom. The number of rotatable bonds is 6. The second-order valence-electron chi connectivity index (χ2n) is 3.96. The van der Waals surface area contributed by atoms with E-state index in [2.05, 4.69) is 28.5 Å². The lowest BCUT2D eigenvalue weighted by molar-refractivity contribution is 0.748. The molecule has 15 heavy (non-hydrogen) atoms. The summed E-state index contributed by atoms with van der Waals surface area (Å²) in [7, 11) is 0. The summed E-state index contributed by atoms with van der Waals surface area (Å²) in [6.07, 6.45) is 2.10. The minimum Gasteiger partial charge on any atom is -0.360 e. The van der Waals surface area contributed by atoms with E-state index in [9.17, 15) is 0 Å². The average molecular weight is 248 g/mol. The van der Waals surface area contributed by atoms with E-state index in [1.165, 1.54) is 11.5 Å². The van der Waals surface area contributed by atoms with Crippen molar-refractivity contribution in [3.63, 3.8) is 0 Å². The number of hydrogen-bond donors (Lipinski definition) is 1. The summed E-state index contributed by atoms with van der Waals surface area (Å²) in [5.74, 6) is 1.33. The largest absolute Gasteiger partial charge is 0.360 e. The first kappa shape index (κ1) is 12.7. The van der Waals surface area contributed by atoms with Crippen LogP contribution in [-0.2, 0) is 0 Å². The molecule has 0 aliphatic heterocycles. The molecule has 1 N–H and O–H groups in total. The van der Waals surface area contributed by atoms with Crippen LogP contribution in [0.3, 0.4) is 0 Å². The highest BCUT2D eigenvalue weighted by Gasteiger charge is 2.06. The summed E-state index contributed by atoms with van der Waals surface area (Å²) in [5.41, 5.74) is 0. The molecule has 0 radical (unpaired) electrons. The fraction of sp³-hybridized carbons (Fsp3) is 0.800. The van der Waals surface area contributed by atoms with Crippen molar-refractivity contribution in [2.24, 2.45) is 0 Å². The van der Waals surface area contributed by atoms with Gasteiger partial charge < -0.3 is 5.32 Å². The Labute approximate surface area is 100 Å². The van der Waals surface area contributed by atoms with Crippen LogP contribution >= 0.6 is 23.1 Å². The van der Waals surface area contributed by atoms with Crippen LogP contribution < -0.4 is 5.32 Å². The monoisotopic (exact) mass is 247 g/mol. The Bertz CT molecular complexity index is 286. The Morgan fingerprint density at radius 3 is 2.67 bits per heavy atom. The summed E-state index contributed by atoms with van der Waals surface area (Å²) in [5, 5.41) is 4.44. The quantitative estimate of drug-likeness (QED) is 0.618. The molecular formula is C10H18ClN3S. The van der Waals surface area contributed by atoms with Gasteiger partial charge in [0, 0.05) is 29.4 Å². The molecule has 0 aromatic carbocycles. The van der Waals surface area contributed by atoms with Crippen LogP contribution in [0.1, 0.15) is 45.4 Å². The molecule has 3 nitrogen and oxygen atoms in total. The van der Waals surface area contributed by atoms with Crippen LogP contribution in [0.15, 0.2) is 0 Å². The lowest BCUT2D eigenvalue weighted by atomic mass is 10.2. The zero-order valence-corrected chi connectivity index (χ0v) is 11.0.